The van der Waals surface area contributed by atoms with Gasteiger partial charge in [-0.05, 0) is 56.8 Å². The first-order valence-electron chi connectivity index (χ1n) is 8.03. The third kappa shape index (κ3) is 1.25. The highest BCUT2D eigenvalue weighted by atomic mass is 16.5. The number of benzene rings is 1. The molecule has 1 aromatic rings. The number of phenolic OH excluding ortho intramolecular Hbond substituents is 1. The summed E-state index contributed by atoms with van der Waals surface area (Å²) in [7, 11) is 2.22. The van der Waals surface area contributed by atoms with E-state index in [0.717, 1.165) is 32.2 Å². The maximum absolute atomic E-state index is 10.5. The van der Waals surface area contributed by atoms with Crippen LogP contribution < -0.4 is 4.74 Å². The Labute approximate surface area is 124 Å². The molecule has 2 aliphatic carbocycles. The molecule has 2 fully saturated rings. The predicted octanol–water partition coefficient (Wildman–Crippen LogP) is 1.42. The fraction of sp³-hybridized carbons (Fsp3) is 0.647. The van der Waals surface area contributed by atoms with Crippen molar-refractivity contribution >= 4 is 0 Å². The van der Waals surface area contributed by atoms with E-state index in [9.17, 15) is 10.2 Å². The van der Waals surface area contributed by atoms with Crippen LogP contribution in [0.5, 0.6) is 11.5 Å². The number of hydrogen-bond donors (Lipinski definition) is 2. The minimum Gasteiger partial charge on any atom is -0.504 e. The summed E-state index contributed by atoms with van der Waals surface area (Å²) in [5.41, 5.74) is 2.46. The monoisotopic (exact) mass is 287 g/mol. The average Bonchev–Trinajstić information content (AvgIpc) is 2.83. The van der Waals surface area contributed by atoms with Crippen molar-refractivity contribution in [3.05, 3.63) is 23.3 Å². The fourth-order valence-electron chi connectivity index (χ4n) is 5.71. The van der Waals surface area contributed by atoms with Crippen LogP contribution in [0.15, 0.2) is 12.1 Å². The van der Waals surface area contributed by atoms with Crippen molar-refractivity contribution in [3.63, 3.8) is 0 Å². The molecule has 4 heteroatoms. The maximum atomic E-state index is 10.5. The second-order valence-corrected chi connectivity index (χ2v) is 7.28. The van der Waals surface area contributed by atoms with Gasteiger partial charge >= 0.3 is 0 Å². The Balaban J connectivity index is 1.81. The van der Waals surface area contributed by atoms with E-state index in [1.165, 1.54) is 11.1 Å². The van der Waals surface area contributed by atoms with Crippen LogP contribution >= 0.6 is 0 Å². The summed E-state index contributed by atoms with van der Waals surface area (Å²) in [6.07, 6.45) is 3.35. The molecule has 1 saturated heterocycles. The van der Waals surface area contributed by atoms with E-state index in [0.29, 0.717) is 17.7 Å². The Morgan fingerprint density at radius 1 is 1.33 bits per heavy atom. The lowest BCUT2D eigenvalue weighted by Crippen LogP contribution is -2.66. The second-order valence-electron chi connectivity index (χ2n) is 7.28. The number of piperidine rings is 1. The first-order chi connectivity index (χ1) is 10.1. The summed E-state index contributed by atoms with van der Waals surface area (Å²) >= 11 is 0. The molecule has 2 heterocycles. The molecule has 1 spiro atoms. The number of ether oxygens (including phenoxy) is 1. The molecular weight excluding hydrogens is 266 g/mol. The highest BCUT2D eigenvalue weighted by Gasteiger charge is 2.65. The zero-order chi connectivity index (χ0) is 14.4. The van der Waals surface area contributed by atoms with E-state index in [1.54, 1.807) is 6.07 Å². The van der Waals surface area contributed by atoms with Gasteiger partial charge in [0.15, 0.2) is 11.5 Å². The molecule has 2 bridgehead atoms. The van der Waals surface area contributed by atoms with Gasteiger partial charge in [0.1, 0.15) is 6.10 Å². The van der Waals surface area contributed by atoms with E-state index in [1.807, 2.05) is 0 Å². The lowest BCUT2D eigenvalue weighted by Gasteiger charge is -2.58. The predicted molar refractivity (Wildman–Crippen MR) is 77.7 cm³/mol. The van der Waals surface area contributed by atoms with E-state index in [4.69, 9.17) is 4.74 Å². The highest BCUT2D eigenvalue weighted by Crippen LogP contribution is 2.63. The maximum Gasteiger partial charge on any atom is 0.165 e. The van der Waals surface area contributed by atoms with Crippen molar-refractivity contribution in [1.82, 2.24) is 4.90 Å². The molecule has 112 valence electrons. The van der Waals surface area contributed by atoms with Gasteiger partial charge in [0.25, 0.3) is 0 Å². The zero-order valence-electron chi connectivity index (χ0n) is 12.2. The van der Waals surface area contributed by atoms with Crippen LogP contribution in [0.2, 0.25) is 0 Å². The van der Waals surface area contributed by atoms with Crippen molar-refractivity contribution in [2.45, 2.75) is 49.3 Å². The molecule has 5 atom stereocenters. The third-order valence-electron chi connectivity index (χ3n) is 6.56. The fourth-order valence-corrected chi connectivity index (χ4v) is 5.71. The summed E-state index contributed by atoms with van der Waals surface area (Å²) in [5.74, 6) is 1.44. The van der Waals surface area contributed by atoms with Crippen LogP contribution in [0.4, 0.5) is 0 Å². The van der Waals surface area contributed by atoms with Gasteiger partial charge in [-0.1, -0.05) is 6.07 Å². The van der Waals surface area contributed by atoms with Crippen molar-refractivity contribution in [2.75, 3.05) is 13.6 Å². The number of aliphatic hydroxyl groups excluding tert-OH is 1. The quantitative estimate of drug-likeness (QED) is 0.758. The van der Waals surface area contributed by atoms with Crippen LogP contribution in [0.3, 0.4) is 0 Å². The van der Waals surface area contributed by atoms with Gasteiger partial charge in [0.2, 0.25) is 0 Å². The molecule has 4 nitrogen and oxygen atoms in total. The number of likely N-dealkylation sites (tertiary alicyclic amines) is 1. The molecule has 2 N–H and O–H groups in total. The van der Waals surface area contributed by atoms with E-state index >= 15 is 0 Å². The highest BCUT2D eigenvalue weighted by molar-refractivity contribution is 5.60. The molecule has 0 radical (unpaired) electrons. The van der Waals surface area contributed by atoms with Crippen molar-refractivity contribution in [2.24, 2.45) is 5.92 Å². The molecule has 2 unspecified atom stereocenters. The molecule has 0 aromatic heterocycles. The molecule has 2 aliphatic heterocycles. The number of likely N-dealkylation sites (N-methyl/N-ethyl adjacent to an activating group) is 1. The number of hydrogen-bond acceptors (Lipinski definition) is 4. The number of nitrogens with zero attached hydrogens (tertiary/aromatic N) is 1. The molecular formula is C17H21NO3. The van der Waals surface area contributed by atoms with Gasteiger partial charge in [-0.2, -0.15) is 0 Å². The Morgan fingerprint density at radius 2 is 2.19 bits per heavy atom. The smallest absolute Gasteiger partial charge is 0.165 e. The summed E-state index contributed by atoms with van der Waals surface area (Å²) in [6.45, 7) is 1.04. The third-order valence-corrected chi connectivity index (χ3v) is 6.56. The Hall–Kier alpha value is -1.26. The van der Waals surface area contributed by atoms with Crippen LogP contribution in [0.1, 0.15) is 30.4 Å². The number of aliphatic hydroxyl groups is 1. The van der Waals surface area contributed by atoms with E-state index in [-0.39, 0.29) is 17.3 Å². The molecule has 4 aliphatic rings. The first kappa shape index (κ1) is 12.3. The Bertz CT molecular complexity index is 631. The van der Waals surface area contributed by atoms with Gasteiger partial charge < -0.3 is 19.8 Å². The van der Waals surface area contributed by atoms with Gasteiger partial charge in [-0.3, -0.25) is 0 Å². The number of aromatic hydroxyl groups is 1. The van der Waals surface area contributed by atoms with Gasteiger partial charge in [-0.25, -0.2) is 0 Å². The van der Waals surface area contributed by atoms with Crippen LogP contribution in [0, 0.1) is 5.92 Å². The molecule has 5 rings (SSSR count). The van der Waals surface area contributed by atoms with Crippen LogP contribution in [-0.4, -0.2) is 47.0 Å². The Kier molecular flexibility index (Phi) is 2.19. The standard InChI is InChI=1S/C17H21NO3/c1-18-7-6-17-10-3-5-13(20)16(17)21-15-12(19)4-2-9(14(15)17)8-11(10)18/h2,4,10-11,13,16,19-20H,3,5-8H2,1H3/t10-,11?,13-,16-,17?/m0/s1. The van der Waals surface area contributed by atoms with Crippen LogP contribution in [0.25, 0.3) is 0 Å². The van der Waals surface area contributed by atoms with E-state index in [2.05, 4.69) is 18.0 Å². The van der Waals surface area contributed by atoms with Gasteiger partial charge in [0, 0.05) is 17.0 Å². The summed E-state index contributed by atoms with van der Waals surface area (Å²) < 4.78 is 6.14. The van der Waals surface area contributed by atoms with E-state index < -0.39 is 6.10 Å². The number of rotatable bonds is 0. The van der Waals surface area contributed by atoms with Crippen molar-refractivity contribution in [1.29, 1.82) is 0 Å². The van der Waals surface area contributed by atoms with Crippen molar-refractivity contribution in [3.8, 4) is 11.5 Å². The summed E-state index contributed by atoms with van der Waals surface area (Å²) in [5, 5.41) is 20.8. The molecule has 1 saturated carbocycles. The van der Waals surface area contributed by atoms with Gasteiger partial charge in [-0.15, -0.1) is 0 Å². The zero-order valence-corrected chi connectivity index (χ0v) is 12.2. The average molecular weight is 287 g/mol. The van der Waals surface area contributed by atoms with Crippen molar-refractivity contribution < 1.29 is 14.9 Å². The normalized spacial score (nSPS) is 43.3. The largest absolute Gasteiger partial charge is 0.504 e. The summed E-state index contributed by atoms with van der Waals surface area (Å²) in [4.78, 5) is 2.48. The molecule has 0 amide bonds. The lowest BCUT2D eigenvalue weighted by molar-refractivity contribution is -0.0993. The molecule has 1 aromatic carbocycles. The van der Waals surface area contributed by atoms with Crippen LogP contribution in [-0.2, 0) is 11.8 Å². The minimum atomic E-state index is -0.414. The van der Waals surface area contributed by atoms with Gasteiger partial charge in [0.05, 0.1) is 6.10 Å². The topological polar surface area (TPSA) is 52.9 Å². The minimum absolute atomic E-state index is 0.0729. The molecule has 21 heavy (non-hydrogen) atoms. The Morgan fingerprint density at radius 3 is 3.05 bits per heavy atom. The summed E-state index contributed by atoms with van der Waals surface area (Å²) in [6, 6.07) is 4.36. The number of phenols is 1. The lowest BCUT2D eigenvalue weighted by atomic mass is 9.51. The second kappa shape index (κ2) is 3.73. The first-order valence-corrected chi connectivity index (χ1v) is 8.03. The SMILES string of the molecule is CN1CCC23c4c5ccc(O)c4O[C@H]2[C@@H](O)CC[C@H]3C1C5.